The van der Waals surface area contributed by atoms with Crippen LogP contribution in [0.3, 0.4) is 0 Å². The number of nitrogens with one attached hydrogen (secondary N) is 2. The highest BCUT2D eigenvalue weighted by atomic mass is 16.2. The van der Waals surface area contributed by atoms with Crippen LogP contribution in [0.15, 0.2) is 24.3 Å². The average Bonchev–Trinajstić information content (AvgIpc) is 2.64. The molecular formula is C23H33N5O2. The SMILES string of the molecule is CC(c1ccccc1C#N)N1CCN(C(=O)NC2CC(C)(C)NC(C)(C)C2)CC1=O. The van der Waals surface area contributed by atoms with Crippen LogP contribution in [0.5, 0.6) is 0 Å². The van der Waals surface area contributed by atoms with E-state index < -0.39 is 0 Å². The van der Waals surface area contributed by atoms with Gasteiger partial charge in [0.05, 0.1) is 17.7 Å². The molecule has 1 aromatic carbocycles. The molecule has 0 bridgehead atoms. The number of piperidine rings is 1. The monoisotopic (exact) mass is 411 g/mol. The average molecular weight is 412 g/mol. The van der Waals surface area contributed by atoms with E-state index in [1.807, 2.05) is 25.1 Å². The maximum Gasteiger partial charge on any atom is 0.318 e. The molecule has 0 spiro atoms. The van der Waals surface area contributed by atoms with Crippen LogP contribution in [0, 0.1) is 11.3 Å². The van der Waals surface area contributed by atoms with Crippen molar-refractivity contribution < 1.29 is 9.59 Å². The van der Waals surface area contributed by atoms with Gasteiger partial charge < -0.3 is 20.4 Å². The summed E-state index contributed by atoms with van der Waals surface area (Å²) in [5, 5.41) is 16.1. The predicted molar refractivity (Wildman–Crippen MR) is 116 cm³/mol. The van der Waals surface area contributed by atoms with Gasteiger partial charge >= 0.3 is 6.03 Å². The number of hydrogen-bond donors (Lipinski definition) is 2. The van der Waals surface area contributed by atoms with E-state index in [4.69, 9.17) is 0 Å². The minimum atomic E-state index is -0.204. The molecule has 2 aliphatic rings. The summed E-state index contributed by atoms with van der Waals surface area (Å²) in [5.41, 5.74) is 1.30. The smallest absolute Gasteiger partial charge is 0.318 e. The van der Waals surface area contributed by atoms with Gasteiger partial charge in [0.2, 0.25) is 5.91 Å². The summed E-state index contributed by atoms with van der Waals surface area (Å²) in [7, 11) is 0. The summed E-state index contributed by atoms with van der Waals surface area (Å²) >= 11 is 0. The molecule has 162 valence electrons. The molecule has 0 radical (unpaired) electrons. The van der Waals surface area contributed by atoms with Gasteiger partial charge in [-0.3, -0.25) is 4.79 Å². The van der Waals surface area contributed by atoms with Gasteiger partial charge in [0.25, 0.3) is 0 Å². The molecule has 2 saturated heterocycles. The Morgan fingerprint density at radius 1 is 1.20 bits per heavy atom. The highest BCUT2D eigenvalue weighted by molar-refractivity contribution is 5.85. The number of nitriles is 1. The van der Waals surface area contributed by atoms with E-state index >= 15 is 0 Å². The van der Waals surface area contributed by atoms with Gasteiger partial charge in [0.1, 0.15) is 6.54 Å². The maximum atomic E-state index is 12.9. The third kappa shape index (κ3) is 4.93. The fourth-order valence-electron chi connectivity index (χ4n) is 5.09. The molecular weight excluding hydrogens is 378 g/mol. The summed E-state index contributed by atoms with van der Waals surface area (Å²) in [4.78, 5) is 29.1. The Hall–Kier alpha value is -2.59. The predicted octanol–water partition coefficient (Wildman–Crippen LogP) is 2.78. The molecule has 3 rings (SSSR count). The second-order valence-electron chi connectivity index (χ2n) is 9.83. The third-order valence-corrected chi connectivity index (χ3v) is 6.06. The summed E-state index contributed by atoms with van der Waals surface area (Å²) in [6.45, 7) is 11.5. The van der Waals surface area contributed by atoms with Crippen LogP contribution < -0.4 is 10.6 Å². The highest BCUT2D eigenvalue weighted by Crippen LogP contribution is 2.29. The van der Waals surface area contributed by atoms with Crippen LogP contribution >= 0.6 is 0 Å². The van der Waals surface area contributed by atoms with Gasteiger partial charge in [0, 0.05) is 30.2 Å². The van der Waals surface area contributed by atoms with Crippen molar-refractivity contribution in [2.24, 2.45) is 0 Å². The lowest BCUT2D eigenvalue weighted by Gasteiger charge is -2.47. The minimum absolute atomic E-state index is 0.0578. The van der Waals surface area contributed by atoms with Gasteiger partial charge in [0.15, 0.2) is 0 Å². The minimum Gasteiger partial charge on any atom is -0.335 e. The molecule has 2 heterocycles. The Kier molecular flexibility index (Phi) is 6.09. The number of nitrogens with zero attached hydrogens (tertiary/aromatic N) is 3. The van der Waals surface area contributed by atoms with Gasteiger partial charge in [-0.1, -0.05) is 18.2 Å². The normalized spacial score (nSPS) is 22.3. The van der Waals surface area contributed by atoms with Crippen molar-refractivity contribution in [1.29, 1.82) is 5.26 Å². The fourth-order valence-corrected chi connectivity index (χ4v) is 5.09. The van der Waals surface area contributed by atoms with Crippen molar-refractivity contribution in [3.8, 4) is 6.07 Å². The van der Waals surface area contributed by atoms with Crippen LogP contribution in [-0.4, -0.2) is 58.5 Å². The largest absolute Gasteiger partial charge is 0.335 e. The van der Waals surface area contributed by atoms with E-state index in [0.29, 0.717) is 18.7 Å². The zero-order valence-corrected chi connectivity index (χ0v) is 18.7. The Bertz CT molecular complexity index is 841. The van der Waals surface area contributed by atoms with Crippen molar-refractivity contribution >= 4 is 11.9 Å². The second-order valence-corrected chi connectivity index (χ2v) is 9.83. The standard InChI is InChI=1S/C23H33N5O2/c1-16(19-9-7-6-8-17(19)14-24)28-11-10-27(15-20(28)29)21(30)25-18-12-22(2,3)26-23(4,5)13-18/h6-9,16,18,26H,10-13,15H2,1-5H3,(H,25,30). The lowest BCUT2D eigenvalue weighted by Crippen LogP contribution is -2.63. The molecule has 7 heteroatoms. The quantitative estimate of drug-likeness (QED) is 0.801. The van der Waals surface area contributed by atoms with Gasteiger partial charge in [-0.2, -0.15) is 5.26 Å². The topological polar surface area (TPSA) is 88.5 Å². The lowest BCUT2D eigenvalue weighted by molar-refractivity contribution is -0.137. The molecule has 2 fully saturated rings. The van der Waals surface area contributed by atoms with Crippen LogP contribution in [-0.2, 0) is 4.79 Å². The number of carbonyl (C=O) groups excluding carboxylic acids is 2. The number of rotatable bonds is 3. The van der Waals surface area contributed by atoms with Gasteiger partial charge in [-0.25, -0.2) is 4.79 Å². The maximum absolute atomic E-state index is 12.9. The van der Waals surface area contributed by atoms with Crippen molar-refractivity contribution in [2.75, 3.05) is 19.6 Å². The van der Waals surface area contributed by atoms with Crippen molar-refractivity contribution in [2.45, 2.75) is 70.6 Å². The number of piperazine rings is 1. The van der Waals surface area contributed by atoms with Gasteiger partial charge in [-0.05, 0) is 59.1 Å². The van der Waals surface area contributed by atoms with Crippen LogP contribution in [0.2, 0.25) is 0 Å². The van der Waals surface area contributed by atoms with E-state index in [2.05, 4.69) is 44.4 Å². The summed E-state index contributed by atoms with van der Waals surface area (Å²) < 4.78 is 0. The van der Waals surface area contributed by atoms with Crippen LogP contribution in [0.25, 0.3) is 0 Å². The van der Waals surface area contributed by atoms with Crippen molar-refractivity contribution in [3.05, 3.63) is 35.4 Å². The molecule has 0 aromatic heterocycles. The van der Waals surface area contributed by atoms with E-state index in [-0.39, 0.29) is 41.6 Å². The highest BCUT2D eigenvalue weighted by Gasteiger charge is 2.39. The molecule has 0 aliphatic carbocycles. The molecule has 7 nitrogen and oxygen atoms in total. The molecule has 30 heavy (non-hydrogen) atoms. The number of carbonyl (C=O) groups is 2. The van der Waals surface area contributed by atoms with E-state index in [1.54, 1.807) is 15.9 Å². The first-order valence-corrected chi connectivity index (χ1v) is 10.6. The van der Waals surface area contributed by atoms with Crippen molar-refractivity contribution in [1.82, 2.24) is 20.4 Å². The molecule has 1 atom stereocenters. The molecule has 3 amide bonds. The Morgan fingerprint density at radius 2 is 1.83 bits per heavy atom. The molecule has 2 aliphatic heterocycles. The number of benzene rings is 1. The van der Waals surface area contributed by atoms with Crippen molar-refractivity contribution in [3.63, 3.8) is 0 Å². The molecule has 2 N–H and O–H groups in total. The first-order chi connectivity index (χ1) is 14.0. The zero-order valence-electron chi connectivity index (χ0n) is 18.7. The van der Waals surface area contributed by atoms with Crippen LogP contribution in [0.4, 0.5) is 4.79 Å². The first kappa shape index (κ1) is 22.1. The molecule has 1 unspecified atom stereocenters. The fraction of sp³-hybridized carbons (Fsp3) is 0.609. The Morgan fingerprint density at radius 3 is 2.43 bits per heavy atom. The Labute approximate surface area is 179 Å². The summed E-state index contributed by atoms with van der Waals surface area (Å²) in [6.07, 6.45) is 1.69. The summed E-state index contributed by atoms with van der Waals surface area (Å²) in [6, 6.07) is 9.24. The lowest BCUT2D eigenvalue weighted by atomic mass is 9.79. The molecule has 1 aromatic rings. The van der Waals surface area contributed by atoms with Gasteiger partial charge in [-0.15, -0.1) is 0 Å². The number of hydrogen-bond acceptors (Lipinski definition) is 4. The van der Waals surface area contributed by atoms with E-state index in [0.717, 1.165) is 18.4 Å². The second kappa shape index (κ2) is 8.27. The number of urea groups is 1. The van der Waals surface area contributed by atoms with Crippen LogP contribution in [0.1, 0.15) is 64.6 Å². The third-order valence-electron chi connectivity index (χ3n) is 6.06. The van der Waals surface area contributed by atoms with E-state index in [1.165, 1.54) is 0 Å². The Balaban J connectivity index is 1.62. The first-order valence-electron chi connectivity index (χ1n) is 10.6. The molecule has 0 saturated carbocycles. The van der Waals surface area contributed by atoms with E-state index in [9.17, 15) is 14.9 Å². The number of amides is 3. The summed E-state index contributed by atoms with van der Waals surface area (Å²) in [5.74, 6) is -0.0948. The zero-order chi connectivity index (χ0) is 22.1.